The molecule has 1 aromatic carbocycles. The van der Waals surface area contributed by atoms with Crippen molar-refractivity contribution >= 4 is 35.8 Å². The normalized spacial score (nSPS) is 13.0. The summed E-state index contributed by atoms with van der Waals surface area (Å²) in [4.78, 5) is 77.3. The number of hydrogen-bond acceptors (Lipinski definition) is 13. The van der Waals surface area contributed by atoms with Crippen LogP contribution in [0.25, 0.3) is 0 Å². The number of unbranched alkanes of at least 4 members (excludes halogenated alkanes) is 29. The van der Waals surface area contributed by atoms with Gasteiger partial charge in [-0.25, -0.2) is 4.79 Å². The molecule has 1 heterocycles. The number of cyclic esters (lactones) is 1. The third-order valence-electron chi connectivity index (χ3n) is 15.9. The first-order valence-electron chi connectivity index (χ1n) is 32.1. The lowest BCUT2D eigenvalue weighted by Gasteiger charge is -2.20. The van der Waals surface area contributed by atoms with E-state index in [-0.39, 0.29) is 61.4 Å². The van der Waals surface area contributed by atoms with Gasteiger partial charge in [0.2, 0.25) is 0 Å². The molecule has 2 rings (SSSR count). The smallest absolute Gasteiger partial charge is 0.342 e. The summed E-state index contributed by atoms with van der Waals surface area (Å²) in [5, 5.41) is 0. The molecule has 0 saturated heterocycles. The Hall–Kier alpha value is -4.42. The number of fused-ring (bicyclic) bond motifs is 1. The Morgan fingerprint density at radius 3 is 1.36 bits per heavy atom. The minimum Gasteiger partial charge on any atom is -0.496 e. The van der Waals surface area contributed by atoms with Crippen molar-refractivity contribution in [2.45, 2.75) is 305 Å². The molecule has 0 fully saturated rings. The van der Waals surface area contributed by atoms with Crippen molar-refractivity contribution in [3.8, 4) is 11.5 Å². The van der Waals surface area contributed by atoms with Crippen molar-refractivity contribution in [1.82, 2.24) is 0 Å². The van der Waals surface area contributed by atoms with E-state index in [4.69, 9.17) is 33.2 Å². The minimum absolute atomic E-state index is 0.0741. The zero-order valence-electron chi connectivity index (χ0n) is 51.8. The van der Waals surface area contributed by atoms with Crippen LogP contribution in [0.15, 0.2) is 11.6 Å². The molecule has 0 spiro atoms. The Bertz CT molecular complexity index is 1880. The highest BCUT2D eigenvalue weighted by atomic mass is 16.6. The SMILES string of the molecule is CCCCCCCCCCCCCCCC(=O)OCC(COC(=O)CCCCCCCCCCCCCCC)OC(=O)C(C)CCCCCCCCC(C)C(=O)Oc1c(CC=C(C)CCC(=O)OC)c(OC)c(C)c2c1C(=O)OC2. The van der Waals surface area contributed by atoms with Gasteiger partial charge in [-0.1, -0.05) is 232 Å². The van der Waals surface area contributed by atoms with Crippen LogP contribution in [0.1, 0.15) is 306 Å². The van der Waals surface area contributed by atoms with Crippen LogP contribution < -0.4 is 9.47 Å². The summed E-state index contributed by atoms with van der Waals surface area (Å²) >= 11 is 0. The molecule has 1 aliphatic heterocycles. The van der Waals surface area contributed by atoms with E-state index in [1.54, 1.807) is 7.11 Å². The topological polar surface area (TPSA) is 167 Å². The quantitative estimate of drug-likeness (QED) is 0.0199. The summed E-state index contributed by atoms with van der Waals surface area (Å²) in [6.45, 7) is 11.8. The number of esters is 6. The van der Waals surface area contributed by atoms with Crippen molar-refractivity contribution in [3.63, 3.8) is 0 Å². The fourth-order valence-electron chi connectivity index (χ4n) is 10.4. The Balaban J connectivity index is 1.80. The van der Waals surface area contributed by atoms with Gasteiger partial charge in [-0.2, -0.15) is 0 Å². The van der Waals surface area contributed by atoms with Crippen LogP contribution in [0, 0.1) is 18.8 Å². The molecule has 458 valence electrons. The van der Waals surface area contributed by atoms with E-state index >= 15 is 0 Å². The number of hydrogen-bond donors (Lipinski definition) is 0. The zero-order chi connectivity index (χ0) is 58.6. The Morgan fingerprint density at radius 2 is 0.938 bits per heavy atom. The Labute approximate surface area is 485 Å². The van der Waals surface area contributed by atoms with Crippen molar-refractivity contribution in [3.05, 3.63) is 33.9 Å². The van der Waals surface area contributed by atoms with Crippen LogP contribution in [0.5, 0.6) is 11.5 Å². The molecule has 0 N–H and O–H groups in total. The van der Waals surface area contributed by atoms with E-state index in [9.17, 15) is 28.8 Å². The first kappa shape index (κ1) is 71.7. The third-order valence-corrected chi connectivity index (χ3v) is 15.9. The van der Waals surface area contributed by atoms with Crippen LogP contribution in [-0.4, -0.2) is 69.4 Å². The lowest BCUT2D eigenvalue weighted by atomic mass is 9.94. The third kappa shape index (κ3) is 32.3. The van der Waals surface area contributed by atoms with Gasteiger partial charge in [-0.3, -0.25) is 24.0 Å². The molecule has 2 atom stereocenters. The second-order valence-corrected chi connectivity index (χ2v) is 23.1. The highest BCUT2D eigenvalue weighted by molar-refractivity contribution is 5.99. The van der Waals surface area contributed by atoms with Gasteiger partial charge in [0.15, 0.2) is 11.9 Å². The fraction of sp³-hybridized carbons (Fsp3) is 0.791. The summed E-state index contributed by atoms with van der Waals surface area (Å²) in [5.74, 6) is -2.41. The van der Waals surface area contributed by atoms with Gasteiger partial charge in [-0.05, 0) is 57.9 Å². The van der Waals surface area contributed by atoms with Crippen LogP contribution in [0.2, 0.25) is 0 Å². The predicted octanol–water partition coefficient (Wildman–Crippen LogP) is 17.4. The second kappa shape index (κ2) is 46.1. The number of ether oxygens (including phenoxy) is 7. The average Bonchev–Trinajstić information content (AvgIpc) is 4.06. The molecule has 2 unspecified atom stereocenters. The van der Waals surface area contributed by atoms with Gasteiger partial charge in [0.1, 0.15) is 31.1 Å². The molecule has 0 aromatic heterocycles. The summed E-state index contributed by atoms with van der Waals surface area (Å²) in [7, 11) is 2.91. The Morgan fingerprint density at radius 1 is 0.525 bits per heavy atom. The number of carbonyl (C=O) groups excluding carboxylic acids is 6. The summed E-state index contributed by atoms with van der Waals surface area (Å²) < 4.78 is 39.1. The predicted molar refractivity (Wildman–Crippen MR) is 319 cm³/mol. The Kier molecular flexibility index (Phi) is 41.3. The zero-order valence-corrected chi connectivity index (χ0v) is 51.8. The van der Waals surface area contributed by atoms with E-state index in [0.29, 0.717) is 55.4 Å². The molecule has 1 aliphatic rings. The van der Waals surface area contributed by atoms with Crippen molar-refractivity contribution < 1.29 is 61.9 Å². The van der Waals surface area contributed by atoms with Crippen LogP contribution in [0.4, 0.5) is 0 Å². The van der Waals surface area contributed by atoms with Gasteiger partial charge in [0.25, 0.3) is 0 Å². The van der Waals surface area contributed by atoms with E-state index in [1.165, 1.54) is 136 Å². The first-order valence-corrected chi connectivity index (χ1v) is 32.1. The maximum Gasteiger partial charge on any atom is 0.342 e. The highest BCUT2D eigenvalue weighted by Crippen LogP contribution is 2.43. The number of methoxy groups -OCH3 is 2. The molecule has 13 heteroatoms. The van der Waals surface area contributed by atoms with Crippen molar-refractivity contribution in [2.75, 3.05) is 27.4 Å². The molecule has 1 aromatic rings. The standard InChI is InChI=1S/C67H112O13/c1-9-11-13-15-17-19-21-23-25-27-29-35-39-43-60(69)76-49-56(50-77-61(70)44-40-36-30-28-26-24-22-20-18-16-14-12-10-2)79-65(71)53(4)41-37-33-31-32-34-38-42-54(5)66(72)80-64-57(47-45-52(3)46-48-59(68)74-7)63(75-8)55(6)58-51-78-67(73)62(58)64/h45,53-54,56H,9-44,46-51H2,1-8H3. The molecule has 0 radical (unpaired) electrons. The molecule has 0 aliphatic carbocycles. The van der Waals surface area contributed by atoms with E-state index in [1.807, 2.05) is 33.8 Å². The van der Waals surface area contributed by atoms with Crippen molar-refractivity contribution in [1.29, 1.82) is 0 Å². The van der Waals surface area contributed by atoms with Crippen LogP contribution >= 0.6 is 0 Å². The number of carbonyl (C=O) groups is 6. The van der Waals surface area contributed by atoms with E-state index in [2.05, 4.69) is 13.8 Å². The second-order valence-electron chi connectivity index (χ2n) is 23.1. The maximum atomic E-state index is 13.6. The number of benzene rings is 1. The fourth-order valence-corrected chi connectivity index (χ4v) is 10.4. The molecule has 0 bridgehead atoms. The highest BCUT2D eigenvalue weighted by Gasteiger charge is 2.35. The largest absolute Gasteiger partial charge is 0.496 e. The number of rotatable bonds is 51. The lowest BCUT2D eigenvalue weighted by molar-refractivity contribution is -0.169. The van der Waals surface area contributed by atoms with Gasteiger partial charge in [-0.15, -0.1) is 0 Å². The van der Waals surface area contributed by atoms with Gasteiger partial charge >= 0.3 is 35.8 Å². The van der Waals surface area contributed by atoms with Gasteiger partial charge < -0.3 is 33.2 Å². The molecule has 0 amide bonds. The molecule has 13 nitrogen and oxygen atoms in total. The summed E-state index contributed by atoms with van der Waals surface area (Å²) in [6, 6.07) is 0. The average molecular weight is 1130 g/mol. The summed E-state index contributed by atoms with van der Waals surface area (Å²) in [5.41, 5.74) is 3.19. The van der Waals surface area contributed by atoms with E-state index in [0.717, 1.165) is 88.2 Å². The molecule has 0 saturated carbocycles. The van der Waals surface area contributed by atoms with Gasteiger partial charge in [0, 0.05) is 30.4 Å². The molecular formula is C67H112O13. The van der Waals surface area contributed by atoms with Crippen molar-refractivity contribution in [2.24, 2.45) is 11.8 Å². The molecular weight excluding hydrogens is 1010 g/mol. The lowest BCUT2D eigenvalue weighted by Crippen LogP contribution is -2.32. The monoisotopic (exact) mass is 1120 g/mol. The number of allylic oxidation sites excluding steroid dienone is 2. The van der Waals surface area contributed by atoms with Crippen LogP contribution in [0.3, 0.4) is 0 Å². The van der Waals surface area contributed by atoms with Gasteiger partial charge in [0.05, 0.1) is 26.1 Å². The van der Waals surface area contributed by atoms with Crippen LogP contribution in [-0.2, 0) is 60.7 Å². The first-order chi connectivity index (χ1) is 38.8. The maximum absolute atomic E-state index is 13.6. The van der Waals surface area contributed by atoms with E-state index < -0.39 is 29.9 Å². The summed E-state index contributed by atoms with van der Waals surface area (Å²) in [6.07, 6.45) is 41.3. The minimum atomic E-state index is -0.869. The molecule has 80 heavy (non-hydrogen) atoms.